The van der Waals surface area contributed by atoms with Crippen LogP contribution < -0.4 is 10.6 Å². The Bertz CT molecular complexity index is 412. The average Bonchev–Trinajstić information content (AvgIpc) is 2.42. The number of halogens is 1. The van der Waals surface area contributed by atoms with Crippen molar-refractivity contribution in [3.63, 3.8) is 0 Å². The summed E-state index contributed by atoms with van der Waals surface area (Å²) in [5, 5.41) is 5.55. The van der Waals surface area contributed by atoms with E-state index in [2.05, 4.69) is 16.9 Å². The number of rotatable bonds is 8. The molecule has 106 valence electrons. The van der Waals surface area contributed by atoms with Crippen molar-refractivity contribution in [2.24, 2.45) is 0 Å². The van der Waals surface area contributed by atoms with Gasteiger partial charge in [0.1, 0.15) is 5.82 Å². The van der Waals surface area contributed by atoms with E-state index in [9.17, 15) is 9.18 Å². The van der Waals surface area contributed by atoms with Crippen LogP contribution in [0.4, 0.5) is 10.1 Å². The van der Waals surface area contributed by atoms with Gasteiger partial charge in [-0.2, -0.15) is 11.8 Å². The number of hydrogen-bond donors (Lipinski definition) is 2. The molecule has 0 unspecified atom stereocenters. The molecule has 0 aliphatic carbocycles. The summed E-state index contributed by atoms with van der Waals surface area (Å²) in [6, 6.07) is 4.51. The highest BCUT2D eigenvalue weighted by Crippen LogP contribution is 2.18. The molecule has 0 saturated carbocycles. The van der Waals surface area contributed by atoms with Crippen LogP contribution in [0.1, 0.15) is 29.6 Å². The molecule has 2 N–H and O–H groups in total. The third-order valence-electron chi connectivity index (χ3n) is 2.82. The summed E-state index contributed by atoms with van der Waals surface area (Å²) >= 11 is 1.83. The van der Waals surface area contributed by atoms with E-state index in [0.29, 0.717) is 12.1 Å². The molecule has 0 bridgehead atoms. The average molecular weight is 284 g/mol. The van der Waals surface area contributed by atoms with Crippen LogP contribution in [0.25, 0.3) is 0 Å². The van der Waals surface area contributed by atoms with Crippen LogP contribution in [-0.2, 0) is 0 Å². The quantitative estimate of drug-likeness (QED) is 0.721. The van der Waals surface area contributed by atoms with Gasteiger partial charge in [0.25, 0.3) is 5.91 Å². The van der Waals surface area contributed by atoms with Crippen LogP contribution >= 0.6 is 11.8 Å². The van der Waals surface area contributed by atoms with E-state index in [4.69, 9.17) is 0 Å². The van der Waals surface area contributed by atoms with E-state index in [-0.39, 0.29) is 11.6 Å². The Morgan fingerprint density at radius 3 is 2.79 bits per heavy atom. The first-order valence-corrected chi connectivity index (χ1v) is 7.83. The van der Waals surface area contributed by atoms with Crippen molar-refractivity contribution < 1.29 is 9.18 Å². The summed E-state index contributed by atoms with van der Waals surface area (Å²) in [6.45, 7) is 0.632. The first-order chi connectivity index (χ1) is 9.20. The van der Waals surface area contributed by atoms with Crippen LogP contribution in [-0.4, -0.2) is 31.5 Å². The van der Waals surface area contributed by atoms with Gasteiger partial charge in [0, 0.05) is 13.6 Å². The predicted octanol–water partition coefficient (Wildman–Crippen LogP) is 3.13. The van der Waals surface area contributed by atoms with Gasteiger partial charge in [-0.05, 0) is 37.0 Å². The van der Waals surface area contributed by atoms with Gasteiger partial charge in [-0.15, -0.1) is 0 Å². The monoisotopic (exact) mass is 284 g/mol. The molecule has 0 radical (unpaired) electrons. The molecule has 0 atom stereocenters. The number of unbranched alkanes of at least 4 members (excludes halogenated alkanes) is 2. The molecular weight excluding hydrogens is 263 g/mol. The SMILES string of the molecule is CNc1c(F)cccc1C(=O)NCCCCCSC. The van der Waals surface area contributed by atoms with E-state index in [0.717, 1.165) is 18.6 Å². The Kier molecular flexibility index (Phi) is 7.33. The van der Waals surface area contributed by atoms with Gasteiger partial charge in [0.05, 0.1) is 11.3 Å². The van der Waals surface area contributed by atoms with Crippen molar-refractivity contribution >= 4 is 23.4 Å². The molecule has 1 aromatic carbocycles. The lowest BCUT2D eigenvalue weighted by molar-refractivity contribution is 0.0953. The minimum absolute atomic E-state index is 0.228. The summed E-state index contributed by atoms with van der Waals surface area (Å²) in [4.78, 5) is 11.9. The molecule has 0 spiro atoms. The molecular formula is C14H21FN2OS. The van der Waals surface area contributed by atoms with E-state index < -0.39 is 5.82 Å². The fraction of sp³-hybridized carbons (Fsp3) is 0.500. The zero-order valence-electron chi connectivity index (χ0n) is 11.5. The highest BCUT2D eigenvalue weighted by molar-refractivity contribution is 7.98. The van der Waals surface area contributed by atoms with Crippen LogP contribution in [0, 0.1) is 5.82 Å². The lowest BCUT2D eigenvalue weighted by atomic mass is 10.1. The van der Waals surface area contributed by atoms with Crippen molar-refractivity contribution in [3.05, 3.63) is 29.6 Å². The maximum atomic E-state index is 13.5. The number of carbonyl (C=O) groups is 1. The molecule has 0 aromatic heterocycles. The Morgan fingerprint density at radius 2 is 2.11 bits per heavy atom. The van der Waals surface area contributed by atoms with Gasteiger partial charge >= 0.3 is 0 Å². The fourth-order valence-corrected chi connectivity index (χ4v) is 2.31. The van der Waals surface area contributed by atoms with Gasteiger partial charge in [-0.3, -0.25) is 4.79 Å². The number of para-hydroxylation sites is 1. The predicted molar refractivity (Wildman–Crippen MR) is 80.5 cm³/mol. The van der Waals surface area contributed by atoms with Gasteiger partial charge in [-0.1, -0.05) is 12.5 Å². The van der Waals surface area contributed by atoms with Gasteiger partial charge in [-0.25, -0.2) is 4.39 Å². The summed E-state index contributed by atoms with van der Waals surface area (Å²) < 4.78 is 13.5. The normalized spacial score (nSPS) is 10.3. The minimum atomic E-state index is -0.407. The van der Waals surface area contributed by atoms with Crippen molar-refractivity contribution in [1.29, 1.82) is 0 Å². The summed E-state index contributed by atoms with van der Waals surface area (Å²) in [7, 11) is 1.61. The van der Waals surface area contributed by atoms with Crippen LogP contribution in [0.15, 0.2) is 18.2 Å². The second-order valence-corrected chi connectivity index (χ2v) is 5.21. The van der Waals surface area contributed by atoms with Crippen molar-refractivity contribution in [2.45, 2.75) is 19.3 Å². The molecule has 1 rings (SSSR count). The Labute approximate surface area is 118 Å². The topological polar surface area (TPSA) is 41.1 Å². The second-order valence-electron chi connectivity index (χ2n) is 4.22. The molecule has 1 aromatic rings. The third-order valence-corrected chi connectivity index (χ3v) is 3.52. The van der Waals surface area contributed by atoms with E-state index in [1.165, 1.54) is 12.5 Å². The number of carbonyl (C=O) groups excluding carboxylic acids is 1. The molecule has 0 aliphatic heterocycles. The van der Waals surface area contributed by atoms with Crippen molar-refractivity contribution in [2.75, 3.05) is 30.9 Å². The molecule has 0 saturated heterocycles. The number of nitrogens with one attached hydrogen (secondary N) is 2. The molecule has 5 heteroatoms. The first-order valence-electron chi connectivity index (χ1n) is 6.44. The molecule has 0 aliphatic rings. The third kappa shape index (κ3) is 5.11. The zero-order valence-corrected chi connectivity index (χ0v) is 12.3. The first kappa shape index (κ1) is 15.8. The molecule has 0 fully saturated rings. The van der Waals surface area contributed by atoms with Crippen LogP contribution in [0.2, 0.25) is 0 Å². The minimum Gasteiger partial charge on any atom is -0.385 e. The highest BCUT2D eigenvalue weighted by atomic mass is 32.2. The van der Waals surface area contributed by atoms with E-state index in [1.54, 1.807) is 19.2 Å². The number of benzene rings is 1. The lowest BCUT2D eigenvalue weighted by Crippen LogP contribution is -2.25. The van der Waals surface area contributed by atoms with Crippen molar-refractivity contribution in [1.82, 2.24) is 5.32 Å². The number of anilines is 1. The fourth-order valence-electron chi connectivity index (χ4n) is 1.81. The number of amides is 1. The highest BCUT2D eigenvalue weighted by Gasteiger charge is 2.13. The smallest absolute Gasteiger partial charge is 0.253 e. The van der Waals surface area contributed by atoms with E-state index in [1.807, 2.05) is 11.8 Å². The molecule has 1 amide bonds. The summed E-state index contributed by atoms with van der Waals surface area (Å²) in [6.07, 6.45) is 5.31. The van der Waals surface area contributed by atoms with Crippen molar-refractivity contribution in [3.8, 4) is 0 Å². The standard InChI is InChI=1S/C14H21FN2OS/c1-16-13-11(7-6-8-12(13)15)14(18)17-9-4-3-5-10-19-2/h6-8,16H,3-5,9-10H2,1-2H3,(H,17,18). The van der Waals surface area contributed by atoms with Gasteiger partial charge < -0.3 is 10.6 Å². The zero-order chi connectivity index (χ0) is 14.1. The molecule has 0 heterocycles. The summed E-state index contributed by atoms with van der Waals surface area (Å²) in [5.74, 6) is 0.519. The van der Waals surface area contributed by atoms with Crippen LogP contribution in [0.3, 0.4) is 0 Å². The number of hydrogen-bond acceptors (Lipinski definition) is 3. The molecule has 3 nitrogen and oxygen atoms in total. The number of thioether (sulfide) groups is 1. The maximum absolute atomic E-state index is 13.5. The second kappa shape index (κ2) is 8.80. The van der Waals surface area contributed by atoms with Gasteiger partial charge in [0.2, 0.25) is 0 Å². The van der Waals surface area contributed by atoms with Crippen LogP contribution in [0.5, 0.6) is 0 Å². The summed E-state index contributed by atoms with van der Waals surface area (Å²) in [5.41, 5.74) is 0.606. The molecule has 19 heavy (non-hydrogen) atoms. The lowest BCUT2D eigenvalue weighted by Gasteiger charge is -2.10. The largest absolute Gasteiger partial charge is 0.385 e. The Hall–Kier alpha value is -1.23. The maximum Gasteiger partial charge on any atom is 0.253 e. The van der Waals surface area contributed by atoms with E-state index >= 15 is 0 Å². The Balaban J connectivity index is 2.43. The Morgan fingerprint density at radius 1 is 1.32 bits per heavy atom. The van der Waals surface area contributed by atoms with Gasteiger partial charge in [0.15, 0.2) is 0 Å².